The van der Waals surface area contributed by atoms with Crippen molar-refractivity contribution in [2.75, 3.05) is 25.4 Å². The number of sulfonamides is 1. The lowest BCUT2D eigenvalue weighted by molar-refractivity contribution is -0.129. The highest BCUT2D eigenvalue weighted by Gasteiger charge is 2.27. The number of hydrogen-bond acceptors (Lipinski definition) is 3. The quantitative estimate of drug-likeness (QED) is 0.831. The highest BCUT2D eigenvalue weighted by Crippen LogP contribution is 2.33. The van der Waals surface area contributed by atoms with Gasteiger partial charge in [-0.2, -0.15) is 0 Å². The van der Waals surface area contributed by atoms with Crippen molar-refractivity contribution >= 4 is 15.9 Å². The van der Waals surface area contributed by atoms with Gasteiger partial charge in [0.15, 0.2) is 0 Å². The number of amides is 1. The van der Waals surface area contributed by atoms with Gasteiger partial charge in [-0.25, -0.2) is 13.1 Å². The standard InChI is InChI=1S/C13H26N2O3S/c1-4-13(3)7-6-9-15(10-8-13)12(16)11-14-19(17,18)5-2/h14H,4-11H2,1-3H3/t13-/m1/s1. The molecular formula is C13H26N2O3S. The molecule has 1 atom stereocenters. The Morgan fingerprint density at radius 3 is 2.53 bits per heavy atom. The molecule has 0 spiro atoms. The summed E-state index contributed by atoms with van der Waals surface area (Å²) in [4.78, 5) is 13.8. The van der Waals surface area contributed by atoms with Crippen molar-refractivity contribution in [3.63, 3.8) is 0 Å². The first-order valence-corrected chi connectivity index (χ1v) is 8.72. The molecule has 112 valence electrons. The minimum absolute atomic E-state index is 0.00812. The molecule has 1 aliphatic rings. The molecule has 1 rings (SSSR count). The van der Waals surface area contributed by atoms with Crippen LogP contribution in [-0.4, -0.2) is 44.6 Å². The molecular weight excluding hydrogens is 264 g/mol. The molecule has 1 heterocycles. The topological polar surface area (TPSA) is 66.5 Å². The van der Waals surface area contributed by atoms with Crippen LogP contribution in [0, 0.1) is 5.41 Å². The summed E-state index contributed by atoms with van der Waals surface area (Å²) in [7, 11) is -3.29. The zero-order valence-corrected chi connectivity index (χ0v) is 13.1. The minimum atomic E-state index is -3.29. The van der Waals surface area contributed by atoms with E-state index in [0.29, 0.717) is 5.41 Å². The monoisotopic (exact) mass is 290 g/mol. The summed E-state index contributed by atoms with van der Waals surface area (Å²) in [5.74, 6) is -0.105. The largest absolute Gasteiger partial charge is 0.342 e. The molecule has 1 N–H and O–H groups in total. The van der Waals surface area contributed by atoms with E-state index in [9.17, 15) is 13.2 Å². The molecule has 1 saturated heterocycles. The maximum absolute atomic E-state index is 12.0. The number of hydrogen-bond donors (Lipinski definition) is 1. The lowest BCUT2D eigenvalue weighted by atomic mass is 9.80. The fourth-order valence-electron chi connectivity index (χ4n) is 2.33. The summed E-state index contributed by atoms with van der Waals surface area (Å²) in [6, 6.07) is 0. The van der Waals surface area contributed by atoms with Crippen molar-refractivity contribution in [3.8, 4) is 0 Å². The van der Waals surface area contributed by atoms with Gasteiger partial charge in [0.25, 0.3) is 0 Å². The second-order valence-electron chi connectivity index (χ2n) is 5.62. The van der Waals surface area contributed by atoms with Crippen LogP contribution in [0.3, 0.4) is 0 Å². The van der Waals surface area contributed by atoms with Crippen LogP contribution < -0.4 is 4.72 Å². The van der Waals surface area contributed by atoms with E-state index in [2.05, 4.69) is 18.6 Å². The molecule has 0 bridgehead atoms. The van der Waals surface area contributed by atoms with Crippen LogP contribution in [0.5, 0.6) is 0 Å². The zero-order valence-electron chi connectivity index (χ0n) is 12.2. The van der Waals surface area contributed by atoms with Crippen molar-refractivity contribution in [1.29, 1.82) is 0 Å². The Hall–Kier alpha value is -0.620. The maximum atomic E-state index is 12.0. The van der Waals surface area contributed by atoms with E-state index in [1.165, 1.54) is 0 Å². The number of carbonyl (C=O) groups excluding carboxylic acids is 1. The number of rotatable bonds is 5. The summed E-state index contributed by atoms with van der Waals surface area (Å²) in [6.07, 6.45) is 4.25. The second-order valence-corrected chi connectivity index (χ2v) is 7.72. The van der Waals surface area contributed by atoms with Gasteiger partial charge in [0.2, 0.25) is 15.9 Å². The van der Waals surface area contributed by atoms with Crippen molar-refractivity contribution < 1.29 is 13.2 Å². The second kappa shape index (κ2) is 6.70. The third-order valence-corrected chi connectivity index (χ3v) is 5.57. The molecule has 19 heavy (non-hydrogen) atoms. The summed E-state index contributed by atoms with van der Waals surface area (Å²) in [6.45, 7) is 7.37. The highest BCUT2D eigenvalue weighted by atomic mass is 32.2. The Labute approximate surface area is 116 Å². The Morgan fingerprint density at radius 1 is 1.26 bits per heavy atom. The van der Waals surface area contributed by atoms with Crippen molar-refractivity contribution in [3.05, 3.63) is 0 Å². The summed E-state index contributed by atoms with van der Waals surface area (Å²) in [5.41, 5.74) is 0.317. The van der Waals surface area contributed by atoms with Gasteiger partial charge >= 0.3 is 0 Å². The average Bonchev–Trinajstić information content (AvgIpc) is 2.59. The summed E-state index contributed by atoms with van der Waals surface area (Å²) in [5, 5.41) is 0. The predicted molar refractivity (Wildman–Crippen MR) is 76.3 cm³/mol. The molecule has 1 amide bonds. The van der Waals surface area contributed by atoms with Crippen LogP contribution in [0.2, 0.25) is 0 Å². The third-order valence-electron chi connectivity index (χ3n) is 4.22. The number of likely N-dealkylation sites (tertiary alicyclic amines) is 1. The van der Waals surface area contributed by atoms with E-state index in [1.807, 2.05) is 0 Å². The fourth-order valence-corrected chi connectivity index (χ4v) is 2.87. The molecule has 0 aromatic carbocycles. The van der Waals surface area contributed by atoms with Crippen molar-refractivity contribution in [2.24, 2.45) is 5.41 Å². The molecule has 0 radical (unpaired) electrons. The first-order chi connectivity index (χ1) is 8.82. The minimum Gasteiger partial charge on any atom is -0.342 e. The van der Waals surface area contributed by atoms with E-state index in [-0.39, 0.29) is 18.2 Å². The fraction of sp³-hybridized carbons (Fsp3) is 0.923. The molecule has 0 unspecified atom stereocenters. The zero-order chi connectivity index (χ0) is 14.5. The number of nitrogens with one attached hydrogen (secondary N) is 1. The van der Waals surface area contributed by atoms with Gasteiger partial charge in [-0.05, 0) is 31.6 Å². The Kier molecular flexibility index (Phi) is 5.80. The van der Waals surface area contributed by atoms with E-state index in [4.69, 9.17) is 0 Å². The molecule has 0 saturated carbocycles. The van der Waals surface area contributed by atoms with Gasteiger partial charge in [0, 0.05) is 13.1 Å². The first kappa shape index (κ1) is 16.4. The van der Waals surface area contributed by atoms with E-state index < -0.39 is 10.0 Å². The van der Waals surface area contributed by atoms with Crippen LogP contribution in [0.4, 0.5) is 0 Å². The van der Waals surface area contributed by atoms with E-state index >= 15 is 0 Å². The van der Waals surface area contributed by atoms with Gasteiger partial charge in [0.1, 0.15) is 0 Å². The summed E-state index contributed by atoms with van der Waals surface area (Å²) < 4.78 is 25.0. The van der Waals surface area contributed by atoms with Gasteiger partial charge < -0.3 is 4.90 Å². The SMILES string of the molecule is CC[C@]1(C)CCCN(C(=O)CNS(=O)(=O)CC)CC1. The maximum Gasteiger partial charge on any atom is 0.237 e. The van der Waals surface area contributed by atoms with E-state index in [1.54, 1.807) is 11.8 Å². The predicted octanol–water partition coefficient (Wildman–Crippen LogP) is 1.35. The smallest absolute Gasteiger partial charge is 0.237 e. The molecule has 6 heteroatoms. The van der Waals surface area contributed by atoms with Gasteiger partial charge in [-0.3, -0.25) is 4.79 Å². The third kappa shape index (κ3) is 5.10. The van der Waals surface area contributed by atoms with Crippen LogP contribution in [0.25, 0.3) is 0 Å². The van der Waals surface area contributed by atoms with Crippen molar-refractivity contribution in [1.82, 2.24) is 9.62 Å². The lowest BCUT2D eigenvalue weighted by Crippen LogP contribution is -2.41. The lowest BCUT2D eigenvalue weighted by Gasteiger charge is -2.26. The molecule has 1 fully saturated rings. The number of carbonyl (C=O) groups is 1. The molecule has 5 nitrogen and oxygen atoms in total. The molecule has 0 aliphatic carbocycles. The van der Waals surface area contributed by atoms with Crippen molar-refractivity contribution in [2.45, 2.75) is 46.5 Å². The van der Waals surface area contributed by atoms with Gasteiger partial charge in [0.05, 0.1) is 12.3 Å². The number of nitrogens with zero attached hydrogens (tertiary/aromatic N) is 1. The Morgan fingerprint density at radius 2 is 1.95 bits per heavy atom. The molecule has 1 aliphatic heterocycles. The average molecular weight is 290 g/mol. The van der Waals surface area contributed by atoms with Crippen LogP contribution in [0.1, 0.15) is 46.5 Å². The van der Waals surface area contributed by atoms with Crippen LogP contribution in [-0.2, 0) is 14.8 Å². The van der Waals surface area contributed by atoms with Crippen LogP contribution in [0.15, 0.2) is 0 Å². The molecule has 0 aromatic rings. The first-order valence-electron chi connectivity index (χ1n) is 7.07. The van der Waals surface area contributed by atoms with Gasteiger partial charge in [-0.15, -0.1) is 0 Å². The Bertz CT molecular complexity index is 408. The van der Waals surface area contributed by atoms with Crippen LogP contribution >= 0.6 is 0 Å². The molecule has 0 aromatic heterocycles. The normalized spacial score (nSPS) is 25.1. The van der Waals surface area contributed by atoms with E-state index in [0.717, 1.165) is 38.8 Å². The summed E-state index contributed by atoms with van der Waals surface area (Å²) >= 11 is 0. The van der Waals surface area contributed by atoms with Gasteiger partial charge in [-0.1, -0.05) is 20.3 Å². The Balaban J connectivity index is 2.50. The highest BCUT2D eigenvalue weighted by molar-refractivity contribution is 7.89.